The molecule has 1 atom stereocenters. The van der Waals surface area contributed by atoms with Crippen LogP contribution >= 0.6 is 27.7 Å². The Bertz CT molecular complexity index is 628. The third kappa shape index (κ3) is 4.83. The van der Waals surface area contributed by atoms with Crippen LogP contribution in [-0.4, -0.2) is 28.7 Å². The summed E-state index contributed by atoms with van der Waals surface area (Å²) >= 11 is 4.99. The van der Waals surface area contributed by atoms with Gasteiger partial charge in [0.2, 0.25) is 0 Å². The molecular formula is C17H23BrN2O3S. The molecule has 0 bridgehead atoms. The number of ether oxygens (including phenoxy) is 2. The van der Waals surface area contributed by atoms with Crippen LogP contribution < -0.4 is 10.1 Å². The van der Waals surface area contributed by atoms with E-state index in [0.717, 1.165) is 15.1 Å². The van der Waals surface area contributed by atoms with Gasteiger partial charge in [-0.2, -0.15) is 0 Å². The number of hydrogen-bond acceptors (Lipinski definition) is 5. The van der Waals surface area contributed by atoms with Crippen LogP contribution in [0.1, 0.15) is 33.3 Å². The van der Waals surface area contributed by atoms with Gasteiger partial charge >= 0.3 is 6.09 Å². The van der Waals surface area contributed by atoms with Crippen molar-refractivity contribution in [1.29, 1.82) is 0 Å². The topological polar surface area (TPSA) is 50.8 Å². The standard InChI is InChI=1S/C17H23BrN2O3S/c1-16(2,3)23-15(21)20(17(4)19-10-14(18)24-17)11-12-6-8-13(22-5)9-7-12/h6-10,19H,11H2,1-5H3. The Balaban J connectivity index is 2.23. The average Bonchev–Trinajstić information content (AvgIpc) is 2.83. The molecule has 0 aromatic heterocycles. The van der Waals surface area contributed by atoms with Gasteiger partial charge in [0.1, 0.15) is 11.4 Å². The third-order valence-electron chi connectivity index (χ3n) is 3.38. The highest BCUT2D eigenvalue weighted by atomic mass is 79.9. The van der Waals surface area contributed by atoms with Crippen molar-refractivity contribution in [2.24, 2.45) is 0 Å². The molecule has 1 amide bonds. The van der Waals surface area contributed by atoms with Gasteiger partial charge < -0.3 is 14.8 Å². The molecule has 0 aliphatic carbocycles. The summed E-state index contributed by atoms with van der Waals surface area (Å²) in [5.41, 5.74) is 0.438. The van der Waals surface area contributed by atoms with Crippen molar-refractivity contribution in [3.63, 3.8) is 0 Å². The van der Waals surface area contributed by atoms with Gasteiger partial charge in [0.05, 0.1) is 17.5 Å². The molecule has 1 unspecified atom stereocenters. The highest BCUT2D eigenvalue weighted by Gasteiger charge is 2.41. The molecule has 0 spiro atoms. The minimum Gasteiger partial charge on any atom is -0.497 e. The van der Waals surface area contributed by atoms with Gasteiger partial charge in [0.15, 0.2) is 4.99 Å². The molecule has 0 fully saturated rings. The van der Waals surface area contributed by atoms with Crippen molar-refractivity contribution in [2.75, 3.05) is 7.11 Å². The van der Waals surface area contributed by atoms with Crippen LogP contribution in [0.25, 0.3) is 0 Å². The summed E-state index contributed by atoms with van der Waals surface area (Å²) in [6.07, 6.45) is 1.48. The van der Waals surface area contributed by atoms with E-state index in [-0.39, 0.29) is 6.09 Å². The largest absolute Gasteiger partial charge is 0.497 e. The van der Waals surface area contributed by atoms with E-state index < -0.39 is 10.6 Å². The number of halogens is 1. The summed E-state index contributed by atoms with van der Waals surface area (Å²) in [5.74, 6) is 0.784. The molecule has 1 heterocycles. The Morgan fingerprint density at radius 1 is 1.33 bits per heavy atom. The molecule has 5 nitrogen and oxygen atoms in total. The predicted octanol–water partition coefficient (Wildman–Crippen LogP) is 4.64. The lowest BCUT2D eigenvalue weighted by molar-refractivity contribution is 0.00944. The van der Waals surface area contributed by atoms with Gasteiger partial charge in [0.25, 0.3) is 0 Å². The van der Waals surface area contributed by atoms with E-state index in [1.807, 2.05) is 58.2 Å². The van der Waals surface area contributed by atoms with Crippen molar-refractivity contribution >= 4 is 33.8 Å². The number of benzene rings is 1. The minimum absolute atomic E-state index is 0.364. The first-order chi connectivity index (χ1) is 11.1. The zero-order valence-electron chi connectivity index (χ0n) is 14.6. The fraction of sp³-hybridized carbons (Fsp3) is 0.471. The number of rotatable bonds is 4. The van der Waals surface area contributed by atoms with Crippen LogP contribution in [0.3, 0.4) is 0 Å². The number of carbonyl (C=O) groups is 1. The molecule has 1 aromatic rings. The summed E-state index contributed by atoms with van der Waals surface area (Å²) in [7, 11) is 1.63. The molecule has 7 heteroatoms. The Kier molecular flexibility index (Phi) is 5.75. The first-order valence-electron chi connectivity index (χ1n) is 7.59. The third-order valence-corrected chi connectivity index (χ3v) is 5.14. The van der Waals surface area contributed by atoms with E-state index in [9.17, 15) is 4.79 Å². The van der Waals surface area contributed by atoms with Crippen molar-refractivity contribution < 1.29 is 14.3 Å². The fourth-order valence-corrected chi connectivity index (χ4v) is 4.12. The fourth-order valence-electron chi connectivity index (χ4n) is 2.19. The first kappa shape index (κ1) is 19.0. The van der Waals surface area contributed by atoms with Gasteiger partial charge in [0, 0.05) is 6.20 Å². The highest BCUT2D eigenvalue weighted by Crippen LogP contribution is 2.41. The Labute approximate surface area is 155 Å². The highest BCUT2D eigenvalue weighted by molar-refractivity contribution is 9.14. The molecule has 0 saturated heterocycles. The molecule has 2 rings (SSSR count). The first-order valence-corrected chi connectivity index (χ1v) is 9.20. The number of hydrogen-bond donors (Lipinski definition) is 1. The van der Waals surface area contributed by atoms with Crippen molar-refractivity contribution in [1.82, 2.24) is 10.2 Å². The molecule has 0 radical (unpaired) electrons. The quantitative estimate of drug-likeness (QED) is 0.777. The van der Waals surface area contributed by atoms with Crippen LogP contribution in [0.5, 0.6) is 5.75 Å². The normalized spacial score (nSPS) is 20.2. The summed E-state index contributed by atoms with van der Waals surface area (Å²) in [6.45, 7) is 7.96. The van der Waals surface area contributed by atoms with Gasteiger partial charge in [-0.1, -0.05) is 23.9 Å². The molecule has 0 saturated carbocycles. The number of nitrogens with one attached hydrogen (secondary N) is 1. The maximum Gasteiger partial charge on any atom is 0.413 e. The smallest absolute Gasteiger partial charge is 0.413 e. The molecular weight excluding hydrogens is 392 g/mol. The monoisotopic (exact) mass is 414 g/mol. The Morgan fingerprint density at radius 2 is 1.96 bits per heavy atom. The zero-order chi connectivity index (χ0) is 18.0. The number of nitrogens with zero attached hydrogens (tertiary/aromatic N) is 1. The molecule has 24 heavy (non-hydrogen) atoms. The van der Waals surface area contributed by atoms with Crippen LogP contribution in [0.15, 0.2) is 34.3 Å². The SMILES string of the molecule is COc1ccc(CN(C(=O)OC(C)(C)C)C2(C)NC=C(Br)S2)cc1. The van der Waals surface area contributed by atoms with Crippen molar-refractivity contribution in [3.8, 4) is 5.75 Å². The van der Waals surface area contributed by atoms with Crippen LogP contribution in [0.2, 0.25) is 0 Å². The Morgan fingerprint density at radius 3 is 2.42 bits per heavy atom. The number of methoxy groups -OCH3 is 1. The van der Waals surface area contributed by atoms with Crippen LogP contribution in [0, 0.1) is 0 Å². The van der Waals surface area contributed by atoms with E-state index in [1.54, 1.807) is 12.0 Å². The molecule has 1 N–H and O–H groups in total. The second-order valence-electron chi connectivity index (χ2n) is 6.59. The van der Waals surface area contributed by atoms with E-state index in [1.165, 1.54) is 11.8 Å². The van der Waals surface area contributed by atoms with Gasteiger partial charge in [-0.05, 0) is 61.3 Å². The lowest BCUT2D eigenvalue weighted by Crippen LogP contribution is -2.54. The van der Waals surface area contributed by atoms with Crippen molar-refractivity contribution in [3.05, 3.63) is 39.8 Å². The Hall–Kier alpha value is -1.34. The summed E-state index contributed by atoms with van der Waals surface area (Å²) in [5, 5.41) is 3.25. The van der Waals surface area contributed by atoms with E-state index >= 15 is 0 Å². The van der Waals surface area contributed by atoms with Crippen LogP contribution in [-0.2, 0) is 11.3 Å². The maximum absolute atomic E-state index is 12.8. The summed E-state index contributed by atoms with van der Waals surface area (Å²) < 4.78 is 11.7. The second kappa shape index (κ2) is 7.27. The van der Waals surface area contributed by atoms with Crippen LogP contribution in [0.4, 0.5) is 4.79 Å². The average molecular weight is 415 g/mol. The molecule has 1 aromatic carbocycles. The lowest BCUT2D eigenvalue weighted by atomic mass is 10.2. The van der Waals surface area contributed by atoms with E-state index in [4.69, 9.17) is 9.47 Å². The lowest BCUT2D eigenvalue weighted by Gasteiger charge is -2.38. The maximum atomic E-state index is 12.8. The molecule has 1 aliphatic rings. The van der Waals surface area contributed by atoms with Crippen molar-refractivity contribution in [2.45, 2.75) is 44.8 Å². The van der Waals surface area contributed by atoms with Gasteiger partial charge in [-0.15, -0.1) is 0 Å². The summed E-state index contributed by atoms with van der Waals surface area (Å²) in [6, 6.07) is 7.66. The number of carbonyl (C=O) groups excluding carboxylic acids is 1. The number of amides is 1. The van der Waals surface area contributed by atoms with E-state index in [2.05, 4.69) is 21.2 Å². The van der Waals surface area contributed by atoms with Gasteiger partial charge in [-0.25, -0.2) is 4.79 Å². The van der Waals surface area contributed by atoms with E-state index in [0.29, 0.717) is 6.54 Å². The van der Waals surface area contributed by atoms with Gasteiger partial charge in [-0.3, -0.25) is 4.90 Å². The molecule has 1 aliphatic heterocycles. The number of thioether (sulfide) groups is 1. The zero-order valence-corrected chi connectivity index (χ0v) is 17.0. The predicted molar refractivity (Wildman–Crippen MR) is 101 cm³/mol. The summed E-state index contributed by atoms with van der Waals surface area (Å²) in [4.78, 5) is 13.8. The minimum atomic E-state index is -0.624. The second-order valence-corrected chi connectivity index (χ2v) is 9.41. The molecule has 132 valence electrons.